The van der Waals surface area contributed by atoms with E-state index >= 15 is 0 Å². The van der Waals surface area contributed by atoms with Crippen LogP contribution in [0.1, 0.15) is 52.4 Å². The second-order valence-corrected chi connectivity index (χ2v) is 6.14. The van der Waals surface area contributed by atoms with Gasteiger partial charge in [0.15, 0.2) is 0 Å². The van der Waals surface area contributed by atoms with Gasteiger partial charge in [0.1, 0.15) is 0 Å². The summed E-state index contributed by atoms with van der Waals surface area (Å²) >= 11 is 0. The van der Waals surface area contributed by atoms with E-state index in [2.05, 4.69) is 31.1 Å². The molecule has 0 aromatic rings. The van der Waals surface area contributed by atoms with Gasteiger partial charge in [0.05, 0.1) is 0 Å². The average molecular weight is 238 g/mol. The van der Waals surface area contributed by atoms with Gasteiger partial charge in [-0.15, -0.1) is 0 Å². The molecule has 1 saturated heterocycles. The Labute approximate surface area is 107 Å². The second-order valence-electron chi connectivity index (χ2n) is 6.14. The van der Waals surface area contributed by atoms with Crippen molar-refractivity contribution < 1.29 is 0 Å². The maximum absolute atomic E-state index is 3.57. The van der Waals surface area contributed by atoms with Crippen molar-refractivity contribution in [2.45, 2.75) is 64.5 Å². The molecule has 2 rings (SSSR count). The fraction of sp³-hybridized carbons (Fsp3) is 1.00. The Hall–Kier alpha value is -0.0800. The highest BCUT2D eigenvalue weighted by Gasteiger charge is 2.33. The summed E-state index contributed by atoms with van der Waals surface area (Å²) in [6.07, 6.45) is 8.50. The zero-order chi connectivity index (χ0) is 12.3. The quantitative estimate of drug-likeness (QED) is 0.810. The third-order valence-corrected chi connectivity index (χ3v) is 5.32. The number of rotatable bonds is 4. The summed E-state index contributed by atoms with van der Waals surface area (Å²) in [5.74, 6) is 1.90. The molecule has 0 aromatic carbocycles. The lowest BCUT2D eigenvalue weighted by Gasteiger charge is -2.39. The Balaban J connectivity index is 1.85. The zero-order valence-corrected chi connectivity index (χ0v) is 11.9. The fourth-order valence-electron chi connectivity index (χ4n) is 3.84. The van der Waals surface area contributed by atoms with Crippen molar-refractivity contribution in [2.24, 2.45) is 11.8 Å². The van der Waals surface area contributed by atoms with Gasteiger partial charge in [-0.1, -0.05) is 26.7 Å². The maximum Gasteiger partial charge on any atom is 0.0260 e. The minimum atomic E-state index is 0.795. The molecule has 0 radical (unpaired) electrons. The highest BCUT2D eigenvalue weighted by Crippen LogP contribution is 2.31. The molecule has 2 fully saturated rings. The molecule has 0 spiro atoms. The van der Waals surface area contributed by atoms with Crippen LogP contribution in [0, 0.1) is 11.8 Å². The highest BCUT2D eigenvalue weighted by molar-refractivity contribution is 4.90. The van der Waals surface area contributed by atoms with Gasteiger partial charge in [0.25, 0.3) is 0 Å². The first-order valence-corrected chi connectivity index (χ1v) is 7.68. The van der Waals surface area contributed by atoms with Crippen molar-refractivity contribution in [3.63, 3.8) is 0 Å². The van der Waals surface area contributed by atoms with Crippen LogP contribution in [0.4, 0.5) is 0 Å². The number of hydrogen-bond acceptors (Lipinski definition) is 2. The monoisotopic (exact) mass is 238 g/mol. The fourth-order valence-corrected chi connectivity index (χ4v) is 3.84. The predicted molar refractivity (Wildman–Crippen MR) is 74.2 cm³/mol. The molecule has 2 atom stereocenters. The van der Waals surface area contributed by atoms with E-state index in [0.717, 1.165) is 23.9 Å². The van der Waals surface area contributed by atoms with Gasteiger partial charge >= 0.3 is 0 Å². The van der Waals surface area contributed by atoms with Crippen LogP contribution in [-0.2, 0) is 0 Å². The summed E-state index contributed by atoms with van der Waals surface area (Å²) in [4.78, 5) is 2.71. The van der Waals surface area contributed by atoms with Crippen molar-refractivity contribution in [3.05, 3.63) is 0 Å². The molecular formula is C15H30N2. The van der Waals surface area contributed by atoms with Crippen LogP contribution >= 0.6 is 0 Å². The number of nitrogens with zero attached hydrogens (tertiary/aromatic N) is 1. The third-order valence-electron chi connectivity index (χ3n) is 5.32. The third kappa shape index (κ3) is 3.03. The minimum Gasteiger partial charge on any atom is -0.315 e. The van der Waals surface area contributed by atoms with E-state index in [0.29, 0.717) is 0 Å². The smallest absolute Gasteiger partial charge is 0.0260 e. The normalized spacial score (nSPS) is 38.8. The molecule has 2 unspecified atom stereocenters. The van der Waals surface area contributed by atoms with Crippen molar-refractivity contribution in [2.75, 3.05) is 20.1 Å². The van der Waals surface area contributed by atoms with Crippen LogP contribution in [0.15, 0.2) is 0 Å². The van der Waals surface area contributed by atoms with Gasteiger partial charge in [-0.05, 0) is 51.1 Å². The lowest BCUT2D eigenvalue weighted by molar-refractivity contribution is 0.104. The van der Waals surface area contributed by atoms with E-state index in [1.165, 1.54) is 51.6 Å². The van der Waals surface area contributed by atoms with Crippen molar-refractivity contribution in [1.29, 1.82) is 0 Å². The van der Waals surface area contributed by atoms with Crippen LogP contribution in [0.3, 0.4) is 0 Å². The first kappa shape index (κ1) is 13.4. The molecule has 2 aliphatic rings. The Bertz CT molecular complexity index is 221. The van der Waals surface area contributed by atoms with Gasteiger partial charge in [-0.3, -0.25) is 4.90 Å². The van der Waals surface area contributed by atoms with Gasteiger partial charge in [-0.25, -0.2) is 0 Å². The molecule has 1 aliphatic carbocycles. The molecule has 17 heavy (non-hydrogen) atoms. The van der Waals surface area contributed by atoms with E-state index in [9.17, 15) is 0 Å². The van der Waals surface area contributed by atoms with Gasteiger partial charge in [0.2, 0.25) is 0 Å². The summed E-state index contributed by atoms with van der Waals surface area (Å²) in [5.41, 5.74) is 0. The zero-order valence-electron chi connectivity index (χ0n) is 11.9. The van der Waals surface area contributed by atoms with Crippen molar-refractivity contribution in [3.8, 4) is 0 Å². The molecule has 2 heteroatoms. The first-order chi connectivity index (χ1) is 8.26. The van der Waals surface area contributed by atoms with Gasteiger partial charge < -0.3 is 5.32 Å². The molecule has 0 bridgehead atoms. The lowest BCUT2D eigenvalue weighted by atomic mass is 9.83. The number of hydrogen-bond donors (Lipinski definition) is 1. The topological polar surface area (TPSA) is 15.3 Å². The van der Waals surface area contributed by atoms with Crippen LogP contribution in [0.2, 0.25) is 0 Å². The number of nitrogens with one attached hydrogen (secondary N) is 1. The Morgan fingerprint density at radius 3 is 2.29 bits per heavy atom. The van der Waals surface area contributed by atoms with Crippen molar-refractivity contribution in [1.82, 2.24) is 10.2 Å². The van der Waals surface area contributed by atoms with Gasteiger partial charge in [-0.2, -0.15) is 0 Å². The van der Waals surface area contributed by atoms with Crippen molar-refractivity contribution >= 4 is 0 Å². The maximum atomic E-state index is 3.57. The van der Waals surface area contributed by atoms with E-state index in [1.54, 1.807) is 0 Å². The summed E-state index contributed by atoms with van der Waals surface area (Å²) in [5, 5.41) is 3.57. The molecule has 1 heterocycles. The summed E-state index contributed by atoms with van der Waals surface area (Å²) < 4.78 is 0. The first-order valence-electron chi connectivity index (χ1n) is 7.68. The highest BCUT2D eigenvalue weighted by atomic mass is 15.2. The second kappa shape index (κ2) is 6.19. The minimum absolute atomic E-state index is 0.795. The van der Waals surface area contributed by atoms with Crippen LogP contribution in [-0.4, -0.2) is 37.1 Å². The Morgan fingerprint density at radius 2 is 1.71 bits per heavy atom. The van der Waals surface area contributed by atoms with E-state index in [4.69, 9.17) is 0 Å². The summed E-state index contributed by atoms with van der Waals surface area (Å²) in [7, 11) is 2.37. The molecule has 2 nitrogen and oxygen atoms in total. The molecule has 0 aromatic heterocycles. The van der Waals surface area contributed by atoms with E-state index in [-0.39, 0.29) is 0 Å². The predicted octanol–water partition coefficient (Wildman–Crippen LogP) is 2.89. The van der Waals surface area contributed by atoms with E-state index < -0.39 is 0 Å². The molecule has 1 saturated carbocycles. The molecular weight excluding hydrogens is 208 g/mol. The number of likely N-dealkylation sites (N-methyl/N-ethyl adjacent to an activating group) is 1. The Morgan fingerprint density at radius 1 is 1.00 bits per heavy atom. The molecule has 0 amide bonds. The largest absolute Gasteiger partial charge is 0.315 e. The molecule has 100 valence electrons. The van der Waals surface area contributed by atoms with E-state index in [1.807, 2.05) is 0 Å². The lowest BCUT2D eigenvalue weighted by Crippen LogP contribution is -2.45. The SMILES string of the molecule is CCC1CCC(N(C)C2CNCC2CC)CC1. The van der Waals surface area contributed by atoms with Gasteiger partial charge in [0, 0.05) is 18.6 Å². The van der Waals surface area contributed by atoms with Crippen LogP contribution < -0.4 is 5.32 Å². The standard InChI is InChI=1S/C15H30N2/c1-4-12-6-8-14(9-7-12)17(3)15-11-16-10-13(15)5-2/h12-16H,4-11H2,1-3H3. The molecule has 1 N–H and O–H groups in total. The summed E-state index contributed by atoms with van der Waals surface area (Å²) in [6.45, 7) is 7.13. The molecule has 1 aliphatic heterocycles. The Kier molecular flexibility index (Phi) is 4.87. The van der Waals surface area contributed by atoms with Crippen LogP contribution in [0.25, 0.3) is 0 Å². The summed E-state index contributed by atoms with van der Waals surface area (Å²) in [6, 6.07) is 1.65. The van der Waals surface area contributed by atoms with Crippen LogP contribution in [0.5, 0.6) is 0 Å². The average Bonchev–Trinajstić information content (AvgIpc) is 2.86.